The molecular formula is C18H26N2O3. The van der Waals surface area contributed by atoms with E-state index in [0.29, 0.717) is 17.9 Å². The van der Waals surface area contributed by atoms with Crippen molar-refractivity contribution in [3.8, 4) is 5.75 Å². The average Bonchev–Trinajstić information content (AvgIpc) is 2.91. The topological polar surface area (TPSA) is 42.0 Å². The highest BCUT2D eigenvalue weighted by Gasteiger charge is 2.44. The minimum Gasteiger partial charge on any atom is -0.497 e. The van der Waals surface area contributed by atoms with Crippen LogP contribution in [0.4, 0.5) is 0 Å². The lowest BCUT2D eigenvalue weighted by Gasteiger charge is -2.38. The summed E-state index contributed by atoms with van der Waals surface area (Å²) in [6.45, 7) is 2.89. The van der Waals surface area contributed by atoms with E-state index in [1.807, 2.05) is 17.0 Å². The van der Waals surface area contributed by atoms with Crippen LogP contribution in [0.15, 0.2) is 24.3 Å². The molecule has 0 radical (unpaired) electrons. The Morgan fingerprint density at radius 3 is 2.61 bits per heavy atom. The van der Waals surface area contributed by atoms with E-state index in [9.17, 15) is 4.79 Å². The molecule has 0 saturated carbocycles. The lowest BCUT2D eigenvalue weighted by molar-refractivity contribution is -0.137. The van der Waals surface area contributed by atoms with Gasteiger partial charge in [0.15, 0.2) is 0 Å². The van der Waals surface area contributed by atoms with E-state index < -0.39 is 0 Å². The molecule has 3 atom stereocenters. The van der Waals surface area contributed by atoms with Crippen LogP contribution in [0.2, 0.25) is 0 Å². The fraction of sp³-hybridized carbons (Fsp3) is 0.611. The van der Waals surface area contributed by atoms with Gasteiger partial charge in [-0.1, -0.05) is 12.1 Å². The monoisotopic (exact) mass is 318 g/mol. The number of ether oxygens (including phenoxy) is 2. The maximum Gasteiger partial charge on any atom is 0.248 e. The summed E-state index contributed by atoms with van der Waals surface area (Å²) in [5.74, 6) is 1.95. The van der Waals surface area contributed by atoms with Gasteiger partial charge < -0.3 is 19.3 Å². The van der Waals surface area contributed by atoms with Gasteiger partial charge in [0, 0.05) is 44.6 Å². The van der Waals surface area contributed by atoms with Crippen molar-refractivity contribution in [3.63, 3.8) is 0 Å². The van der Waals surface area contributed by atoms with Gasteiger partial charge in [0.05, 0.1) is 7.11 Å². The summed E-state index contributed by atoms with van der Waals surface area (Å²) in [7, 11) is 5.47. The summed E-state index contributed by atoms with van der Waals surface area (Å²) in [5.41, 5.74) is 1.34. The summed E-state index contributed by atoms with van der Waals surface area (Å²) in [6, 6.07) is 8.94. The largest absolute Gasteiger partial charge is 0.497 e. The number of likely N-dealkylation sites (N-methyl/N-ethyl adjacent to an activating group) is 1. The van der Waals surface area contributed by atoms with E-state index in [-0.39, 0.29) is 12.5 Å². The predicted octanol–water partition coefficient (Wildman–Crippen LogP) is 1.59. The SMILES string of the molecule is COCC(=O)N1CC[C@@H]2[C@H](C1)[C@@H](c1ccc(OC)cc1)CN2C. The standard InChI is InChI=1S/C18H26N2O3/c1-19-10-15(13-4-6-14(23-3)7-5-13)16-11-20(9-8-17(16)19)18(21)12-22-2/h4-7,15-17H,8-12H2,1-3H3/t15-,16-,17-/m1/s1. The third kappa shape index (κ3) is 3.21. The van der Waals surface area contributed by atoms with Gasteiger partial charge in [-0.05, 0) is 31.2 Å². The molecule has 0 spiro atoms. The van der Waals surface area contributed by atoms with Crippen molar-refractivity contribution >= 4 is 5.91 Å². The first kappa shape index (κ1) is 16.3. The molecule has 2 heterocycles. The summed E-state index contributed by atoms with van der Waals surface area (Å²) in [5, 5.41) is 0. The number of likely N-dealkylation sites (tertiary alicyclic amines) is 2. The van der Waals surface area contributed by atoms with Gasteiger partial charge in [-0.15, -0.1) is 0 Å². The van der Waals surface area contributed by atoms with Crippen LogP contribution >= 0.6 is 0 Å². The van der Waals surface area contributed by atoms with Gasteiger partial charge in [-0.2, -0.15) is 0 Å². The summed E-state index contributed by atoms with van der Waals surface area (Å²) < 4.78 is 10.3. The van der Waals surface area contributed by atoms with E-state index >= 15 is 0 Å². The van der Waals surface area contributed by atoms with Gasteiger partial charge in [-0.25, -0.2) is 0 Å². The number of amides is 1. The van der Waals surface area contributed by atoms with Crippen LogP contribution in [-0.2, 0) is 9.53 Å². The molecule has 23 heavy (non-hydrogen) atoms. The van der Waals surface area contributed by atoms with E-state index in [1.165, 1.54) is 5.56 Å². The van der Waals surface area contributed by atoms with Crippen molar-refractivity contribution in [1.82, 2.24) is 9.80 Å². The van der Waals surface area contributed by atoms with E-state index in [0.717, 1.165) is 31.8 Å². The van der Waals surface area contributed by atoms with Crippen LogP contribution in [0.25, 0.3) is 0 Å². The van der Waals surface area contributed by atoms with Crippen LogP contribution in [0.5, 0.6) is 5.75 Å². The summed E-state index contributed by atoms with van der Waals surface area (Å²) in [6.07, 6.45) is 1.04. The minimum absolute atomic E-state index is 0.106. The average molecular weight is 318 g/mol. The van der Waals surface area contributed by atoms with Crippen molar-refractivity contribution in [1.29, 1.82) is 0 Å². The molecule has 1 amide bonds. The Hall–Kier alpha value is -1.59. The Morgan fingerprint density at radius 1 is 1.22 bits per heavy atom. The number of fused-ring (bicyclic) bond motifs is 1. The number of benzene rings is 1. The molecule has 1 aromatic rings. The number of methoxy groups -OCH3 is 2. The second kappa shape index (κ2) is 6.89. The Bertz CT molecular complexity index is 546. The van der Waals surface area contributed by atoms with Gasteiger partial charge >= 0.3 is 0 Å². The highest BCUT2D eigenvalue weighted by molar-refractivity contribution is 5.77. The molecule has 2 aliphatic rings. The lowest BCUT2D eigenvalue weighted by atomic mass is 9.82. The van der Waals surface area contributed by atoms with Gasteiger partial charge in [-0.3, -0.25) is 4.79 Å². The zero-order valence-corrected chi connectivity index (χ0v) is 14.2. The maximum atomic E-state index is 12.2. The maximum absolute atomic E-state index is 12.2. The molecule has 1 aromatic carbocycles. The number of carbonyl (C=O) groups excluding carboxylic acids is 1. The molecule has 0 N–H and O–H groups in total. The fourth-order valence-electron chi connectivity index (χ4n) is 4.14. The van der Waals surface area contributed by atoms with E-state index in [2.05, 4.69) is 24.1 Å². The minimum atomic E-state index is 0.106. The molecule has 2 saturated heterocycles. The molecule has 0 bridgehead atoms. The molecular weight excluding hydrogens is 292 g/mol. The van der Waals surface area contributed by atoms with Crippen molar-refractivity contribution < 1.29 is 14.3 Å². The van der Waals surface area contributed by atoms with Crippen molar-refractivity contribution in [2.24, 2.45) is 5.92 Å². The highest BCUT2D eigenvalue weighted by atomic mass is 16.5. The Labute approximate surface area is 138 Å². The van der Waals surface area contributed by atoms with E-state index in [1.54, 1.807) is 14.2 Å². The highest BCUT2D eigenvalue weighted by Crippen LogP contribution is 2.41. The van der Waals surface area contributed by atoms with Gasteiger partial charge in [0.1, 0.15) is 12.4 Å². The molecule has 3 rings (SSSR count). The Balaban J connectivity index is 1.77. The van der Waals surface area contributed by atoms with Gasteiger partial charge in [0.2, 0.25) is 5.91 Å². The fourth-order valence-corrected chi connectivity index (χ4v) is 4.14. The molecule has 0 aromatic heterocycles. The molecule has 126 valence electrons. The third-order valence-electron chi connectivity index (χ3n) is 5.35. The summed E-state index contributed by atoms with van der Waals surface area (Å²) in [4.78, 5) is 16.6. The van der Waals surface area contributed by atoms with Crippen LogP contribution < -0.4 is 4.74 Å². The third-order valence-corrected chi connectivity index (χ3v) is 5.35. The summed E-state index contributed by atoms with van der Waals surface area (Å²) >= 11 is 0. The Kier molecular flexibility index (Phi) is 4.87. The predicted molar refractivity (Wildman–Crippen MR) is 88.7 cm³/mol. The van der Waals surface area contributed by atoms with Crippen LogP contribution in [0.1, 0.15) is 17.9 Å². The molecule has 5 nitrogen and oxygen atoms in total. The number of carbonyl (C=O) groups is 1. The molecule has 0 aliphatic carbocycles. The van der Waals surface area contributed by atoms with Crippen molar-refractivity contribution in [2.75, 3.05) is 47.5 Å². The van der Waals surface area contributed by atoms with Crippen molar-refractivity contribution in [2.45, 2.75) is 18.4 Å². The molecule has 5 heteroatoms. The van der Waals surface area contributed by atoms with Gasteiger partial charge in [0.25, 0.3) is 0 Å². The number of hydrogen-bond donors (Lipinski definition) is 0. The molecule has 2 fully saturated rings. The molecule has 0 unspecified atom stereocenters. The second-order valence-electron chi connectivity index (χ2n) is 6.61. The first-order valence-corrected chi connectivity index (χ1v) is 8.25. The second-order valence-corrected chi connectivity index (χ2v) is 6.61. The Morgan fingerprint density at radius 2 is 1.96 bits per heavy atom. The quantitative estimate of drug-likeness (QED) is 0.845. The molecule has 2 aliphatic heterocycles. The lowest BCUT2D eigenvalue weighted by Crippen LogP contribution is -2.48. The smallest absolute Gasteiger partial charge is 0.248 e. The number of rotatable bonds is 4. The number of piperidine rings is 1. The van der Waals surface area contributed by atoms with Crippen LogP contribution in [0, 0.1) is 5.92 Å². The first-order valence-electron chi connectivity index (χ1n) is 8.25. The van der Waals surface area contributed by atoms with Crippen molar-refractivity contribution in [3.05, 3.63) is 29.8 Å². The van der Waals surface area contributed by atoms with Crippen LogP contribution in [0.3, 0.4) is 0 Å². The zero-order valence-electron chi connectivity index (χ0n) is 14.2. The normalized spacial score (nSPS) is 27.8. The zero-order chi connectivity index (χ0) is 16.4. The number of hydrogen-bond acceptors (Lipinski definition) is 4. The number of nitrogens with zero attached hydrogens (tertiary/aromatic N) is 2. The van der Waals surface area contributed by atoms with Crippen LogP contribution in [-0.4, -0.2) is 69.3 Å². The van der Waals surface area contributed by atoms with E-state index in [4.69, 9.17) is 9.47 Å². The first-order chi connectivity index (χ1) is 11.1.